The van der Waals surface area contributed by atoms with Crippen LogP contribution in [-0.4, -0.2) is 59.7 Å². The maximum atomic E-state index is 9.88. The second-order valence-corrected chi connectivity index (χ2v) is 3.59. The number of hydrogen-bond acceptors (Lipinski definition) is 6. The van der Waals surface area contributed by atoms with Crippen molar-refractivity contribution in [2.75, 3.05) is 20.3 Å². The molecule has 0 aromatic carbocycles. The van der Waals surface area contributed by atoms with E-state index < -0.39 is 24.1 Å². The summed E-state index contributed by atoms with van der Waals surface area (Å²) in [6.45, 7) is 0.0263. The molecule has 92 valence electrons. The van der Waals surface area contributed by atoms with Gasteiger partial charge in [-0.25, -0.2) is 0 Å². The molecule has 0 radical (unpaired) electrons. The summed E-state index contributed by atoms with van der Waals surface area (Å²) in [5, 5.41) is 32.3. The Balaban J connectivity index is 2.65. The molecule has 1 rings (SSSR count). The molecule has 0 amide bonds. The van der Waals surface area contributed by atoms with Crippen molar-refractivity contribution in [3.63, 3.8) is 0 Å². The number of nitrogens with zero attached hydrogens (tertiary/aromatic N) is 3. The molecule has 8 heteroatoms. The summed E-state index contributed by atoms with van der Waals surface area (Å²) < 4.78 is 9.84. The van der Waals surface area contributed by atoms with E-state index in [1.165, 1.54) is 7.11 Å². The van der Waals surface area contributed by atoms with Crippen LogP contribution in [0.4, 0.5) is 0 Å². The molecule has 0 aromatic heterocycles. The van der Waals surface area contributed by atoms with Crippen LogP contribution in [-0.2, 0) is 9.47 Å². The van der Waals surface area contributed by atoms with Crippen molar-refractivity contribution in [1.29, 1.82) is 0 Å². The zero-order valence-electron chi connectivity index (χ0n) is 8.85. The van der Waals surface area contributed by atoms with Crippen molar-refractivity contribution in [3.8, 4) is 0 Å². The first-order valence-corrected chi connectivity index (χ1v) is 4.81. The van der Waals surface area contributed by atoms with Crippen LogP contribution >= 0.6 is 0 Å². The van der Waals surface area contributed by atoms with Crippen LogP contribution in [0.2, 0.25) is 0 Å². The summed E-state index contributed by atoms with van der Waals surface area (Å²) in [5.41, 5.74) is 8.13. The lowest BCUT2D eigenvalue weighted by Gasteiger charge is -2.25. The third-order valence-corrected chi connectivity index (χ3v) is 2.51. The number of aliphatic hydroxyl groups excluding tert-OH is 2. The summed E-state index contributed by atoms with van der Waals surface area (Å²) in [7, 11) is 1.44. The van der Waals surface area contributed by atoms with E-state index in [1.807, 2.05) is 0 Å². The highest BCUT2D eigenvalue weighted by molar-refractivity contribution is 4.96. The minimum absolute atomic E-state index is 0.0223. The minimum atomic E-state index is -1.86. The predicted octanol–water partition coefficient (Wildman–Crippen LogP) is -0.858. The third-order valence-electron chi connectivity index (χ3n) is 2.51. The van der Waals surface area contributed by atoms with E-state index in [9.17, 15) is 15.3 Å². The molecule has 16 heavy (non-hydrogen) atoms. The Morgan fingerprint density at radius 3 is 2.81 bits per heavy atom. The first kappa shape index (κ1) is 13.2. The van der Waals surface area contributed by atoms with Gasteiger partial charge in [-0.2, -0.15) is 0 Å². The highest BCUT2D eigenvalue weighted by Crippen LogP contribution is 2.32. The fourth-order valence-corrected chi connectivity index (χ4v) is 1.59. The molecule has 0 bridgehead atoms. The Labute approximate surface area is 92.0 Å². The summed E-state index contributed by atoms with van der Waals surface area (Å²) in [6, 6.07) is 0. The molecule has 1 aliphatic rings. The molecule has 0 aliphatic carbocycles. The Hall–Kier alpha value is -0.890. The largest absolute Gasteiger partial charge is 0.387 e. The van der Waals surface area contributed by atoms with Crippen LogP contribution < -0.4 is 0 Å². The quantitative estimate of drug-likeness (QED) is 0.323. The number of methoxy groups -OCH3 is 1. The second kappa shape index (κ2) is 5.44. The van der Waals surface area contributed by atoms with Gasteiger partial charge in [0.2, 0.25) is 0 Å². The highest BCUT2D eigenvalue weighted by atomic mass is 16.7. The fourth-order valence-electron chi connectivity index (χ4n) is 1.59. The van der Waals surface area contributed by atoms with E-state index >= 15 is 0 Å². The van der Waals surface area contributed by atoms with E-state index in [-0.39, 0.29) is 19.6 Å². The second-order valence-electron chi connectivity index (χ2n) is 3.59. The first-order valence-electron chi connectivity index (χ1n) is 4.81. The number of ether oxygens (including phenoxy) is 2. The number of azide groups is 1. The Morgan fingerprint density at radius 2 is 2.25 bits per heavy atom. The Kier molecular flexibility index (Phi) is 4.48. The van der Waals surface area contributed by atoms with E-state index in [0.29, 0.717) is 0 Å². The molecule has 8 nitrogen and oxygen atoms in total. The molecule has 1 fully saturated rings. The van der Waals surface area contributed by atoms with Crippen LogP contribution in [0.1, 0.15) is 6.42 Å². The number of aliphatic hydroxyl groups is 3. The molecule has 0 saturated carbocycles. The van der Waals surface area contributed by atoms with Crippen molar-refractivity contribution in [3.05, 3.63) is 10.4 Å². The van der Waals surface area contributed by atoms with Crippen LogP contribution in [0, 0.1) is 0 Å². The van der Waals surface area contributed by atoms with E-state index in [1.54, 1.807) is 0 Å². The number of rotatable bonds is 5. The summed E-state index contributed by atoms with van der Waals surface area (Å²) in [6.07, 6.45) is -3.62. The van der Waals surface area contributed by atoms with Crippen molar-refractivity contribution in [2.24, 2.45) is 5.11 Å². The molecule has 3 N–H and O–H groups in total. The average molecular weight is 233 g/mol. The van der Waals surface area contributed by atoms with Crippen LogP contribution in [0.25, 0.3) is 10.4 Å². The zero-order valence-corrected chi connectivity index (χ0v) is 8.85. The monoisotopic (exact) mass is 233 g/mol. The van der Waals surface area contributed by atoms with Crippen LogP contribution in [0.5, 0.6) is 0 Å². The fraction of sp³-hybridized carbons (Fsp3) is 1.00. The van der Waals surface area contributed by atoms with Gasteiger partial charge < -0.3 is 24.8 Å². The first-order chi connectivity index (χ1) is 7.55. The van der Waals surface area contributed by atoms with Gasteiger partial charge in [0.1, 0.15) is 12.2 Å². The molecular weight excluding hydrogens is 218 g/mol. The van der Waals surface area contributed by atoms with Crippen molar-refractivity contribution >= 4 is 0 Å². The topological polar surface area (TPSA) is 128 Å². The van der Waals surface area contributed by atoms with Crippen molar-refractivity contribution < 1.29 is 24.8 Å². The molecule has 1 aliphatic heterocycles. The van der Waals surface area contributed by atoms with Crippen molar-refractivity contribution in [2.45, 2.75) is 30.5 Å². The van der Waals surface area contributed by atoms with Gasteiger partial charge in [-0.3, -0.25) is 0 Å². The molecule has 0 spiro atoms. The van der Waals surface area contributed by atoms with Gasteiger partial charge in [-0.15, -0.1) is 0 Å². The molecule has 1 heterocycles. The molecule has 1 saturated heterocycles. The normalized spacial score (nSPS) is 38.4. The molecule has 4 atom stereocenters. The van der Waals surface area contributed by atoms with E-state index in [4.69, 9.17) is 15.0 Å². The van der Waals surface area contributed by atoms with E-state index in [2.05, 4.69) is 10.0 Å². The van der Waals surface area contributed by atoms with E-state index in [0.717, 1.165) is 0 Å². The predicted molar refractivity (Wildman–Crippen MR) is 52.3 cm³/mol. The standard InChI is InChI=1S/C8H15N3O5/c1-15-3-2-8(14)7(13)6(12)5(16-8)4-10-11-9/h5-7,12-14H,2-4H2,1H3/t5-,6+,7-,8+/m0/s1. The molecule has 0 aromatic rings. The van der Waals surface area contributed by atoms with Crippen molar-refractivity contribution in [1.82, 2.24) is 0 Å². The SMILES string of the molecule is COCC[C@@]1(O)O[C@@H](CN=[N+]=[N-])[C@@H](O)[C@@H]1O. The molecule has 0 unspecified atom stereocenters. The average Bonchev–Trinajstić information content (AvgIpc) is 2.49. The van der Waals surface area contributed by atoms with Gasteiger partial charge in [0.25, 0.3) is 0 Å². The maximum Gasteiger partial charge on any atom is 0.197 e. The lowest BCUT2D eigenvalue weighted by molar-refractivity contribution is -0.234. The highest BCUT2D eigenvalue weighted by Gasteiger charge is 2.52. The lowest BCUT2D eigenvalue weighted by atomic mass is 10.0. The lowest BCUT2D eigenvalue weighted by Crippen LogP contribution is -2.43. The van der Waals surface area contributed by atoms with Gasteiger partial charge in [-0.1, -0.05) is 5.11 Å². The Bertz CT molecular complexity index is 283. The van der Waals surface area contributed by atoms with Crippen LogP contribution in [0.3, 0.4) is 0 Å². The van der Waals surface area contributed by atoms with Crippen LogP contribution in [0.15, 0.2) is 5.11 Å². The summed E-state index contributed by atoms with van der Waals surface area (Å²) >= 11 is 0. The minimum Gasteiger partial charge on any atom is -0.387 e. The Morgan fingerprint density at radius 1 is 1.56 bits per heavy atom. The smallest absolute Gasteiger partial charge is 0.197 e. The zero-order chi connectivity index (χ0) is 12.2. The van der Waals surface area contributed by atoms with Gasteiger partial charge in [0.05, 0.1) is 19.3 Å². The number of hydrogen-bond donors (Lipinski definition) is 3. The van der Waals surface area contributed by atoms with Gasteiger partial charge in [0.15, 0.2) is 5.79 Å². The van der Waals surface area contributed by atoms with Gasteiger partial charge in [-0.05, 0) is 5.53 Å². The summed E-state index contributed by atoms with van der Waals surface area (Å²) in [4.78, 5) is 2.51. The van der Waals surface area contributed by atoms with Gasteiger partial charge >= 0.3 is 0 Å². The molecular formula is C8H15N3O5. The maximum absolute atomic E-state index is 9.88. The van der Waals surface area contributed by atoms with Gasteiger partial charge in [0, 0.05) is 18.4 Å². The third kappa shape index (κ3) is 2.62. The summed E-state index contributed by atoms with van der Waals surface area (Å²) in [5.74, 6) is -1.86.